The van der Waals surface area contributed by atoms with Crippen LogP contribution in [0.25, 0.3) is 0 Å². The Hall–Kier alpha value is -3.16. The second-order valence-corrected chi connectivity index (χ2v) is 7.02. The molecule has 8 nitrogen and oxygen atoms in total. The number of benzene rings is 1. The molecule has 1 N–H and O–H groups in total. The molecule has 3 amide bonds. The quantitative estimate of drug-likeness (QED) is 0.850. The van der Waals surface area contributed by atoms with Gasteiger partial charge in [-0.1, -0.05) is 19.9 Å². The average molecular weight is 354 g/mol. The number of nitrogens with one attached hydrogen (secondary N) is 1. The fraction of sp³-hybridized carbons (Fsp3) is 0.333. The van der Waals surface area contributed by atoms with Crippen LogP contribution >= 0.6 is 0 Å². The van der Waals surface area contributed by atoms with Gasteiger partial charge < -0.3 is 9.47 Å². The molecule has 134 valence electrons. The molecule has 0 aliphatic carbocycles. The molecule has 1 saturated heterocycles. The predicted molar refractivity (Wildman–Crippen MR) is 92.7 cm³/mol. The van der Waals surface area contributed by atoms with Gasteiger partial charge in [0.05, 0.1) is 24.7 Å². The Morgan fingerprint density at radius 2 is 1.96 bits per heavy atom. The first-order valence-electron chi connectivity index (χ1n) is 8.23. The van der Waals surface area contributed by atoms with E-state index in [1.807, 2.05) is 19.1 Å². The van der Waals surface area contributed by atoms with E-state index in [4.69, 9.17) is 9.47 Å². The Morgan fingerprint density at radius 3 is 2.62 bits per heavy atom. The molecule has 0 unspecified atom stereocenters. The van der Waals surface area contributed by atoms with Gasteiger partial charge in [0.15, 0.2) is 0 Å². The Balaban J connectivity index is 1.61. The van der Waals surface area contributed by atoms with E-state index >= 15 is 0 Å². The van der Waals surface area contributed by atoms with Gasteiger partial charge in [-0.2, -0.15) is 0 Å². The Morgan fingerprint density at radius 1 is 1.23 bits per heavy atom. The van der Waals surface area contributed by atoms with E-state index in [-0.39, 0.29) is 23.9 Å². The highest BCUT2D eigenvalue weighted by Crippen LogP contribution is 2.46. The maximum absolute atomic E-state index is 11.7. The van der Waals surface area contributed by atoms with Crippen molar-refractivity contribution in [2.75, 3.05) is 18.1 Å². The number of hydrogen-bond acceptors (Lipinski definition) is 6. The summed E-state index contributed by atoms with van der Waals surface area (Å²) < 4.78 is 11.7. The molecule has 0 atom stereocenters. The van der Waals surface area contributed by atoms with Crippen molar-refractivity contribution in [2.45, 2.75) is 26.2 Å². The highest BCUT2D eigenvalue weighted by Gasteiger charge is 2.36. The summed E-state index contributed by atoms with van der Waals surface area (Å²) in [5.74, 6) is 1.14. The van der Waals surface area contributed by atoms with Crippen LogP contribution in [0.3, 0.4) is 0 Å². The summed E-state index contributed by atoms with van der Waals surface area (Å²) in [5, 5.41) is 2.21. The molecule has 0 spiro atoms. The van der Waals surface area contributed by atoms with Crippen molar-refractivity contribution < 1.29 is 19.1 Å². The number of carbonyl (C=O) groups is 2. The van der Waals surface area contributed by atoms with Crippen LogP contribution < -0.4 is 19.7 Å². The Labute approximate surface area is 150 Å². The number of carbonyl (C=O) groups excluding carboxylic acids is 2. The number of amides is 3. The highest BCUT2D eigenvalue weighted by molar-refractivity contribution is 6.12. The fourth-order valence-corrected chi connectivity index (χ4v) is 3.16. The molecular formula is C18H18N4O4. The molecule has 1 aromatic carbocycles. The Kier molecular flexibility index (Phi) is 3.57. The average Bonchev–Trinajstić information content (AvgIpc) is 3.10. The second kappa shape index (κ2) is 5.69. The van der Waals surface area contributed by atoms with Crippen molar-refractivity contribution in [2.24, 2.45) is 0 Å². The van der Waals surface area contributed by atoms with Crippen LogP contribution in [0.2, 0.25) is 0 Å². The smallest absolute Gasteiger partial charge is 0.329 e. The summed E-state index contributed by atoms with van der Waals surface area (Å²) in [6.45, 7) is 6.73. The molecule has 0 radical (unpaired) electrons. The zero-order valence-electron chi connectivity index (χ0n) is 14.7. The fourth-order valence-electron chi connectivity index (χ4n) is 3.16. The normalized spacial score (nSPS) is 17.7. The molecule has 3 heterocycles. The number of nitrogens with zero attached hydrogens (tertiary/aromatic N) is 3. The second-order valence-electron chi connectivity index (χ2n) is 7.02. The van der Waals surface area contributed by atoms with Crippen molar-refractivity contribution >= 4 is 17.6 Å². The molecule has 8 heteroatoms. The third-order valence-electron chi connectivity index (χ3n) is 4.49. The predicted octanol–water partition coefficient (Wildman–Crippen LogP) is 2.30. The summed E-state index contributed by atoms with van der Waals surface area (Å²) in [4.78, 5) is 32.6. The van der Waals surface area contributed by atoms with E-state index in [9.17, 15) is 9.59 Å². The van der Waals surface area contributed by atoms with Crippen molar-refractivity contribution in [3.8, 4) is 17.5 Å². The monoisotopic (exact) mass is 354 g/mol. The number of rotatable bonds is 3. The minimum absolute atomic E-state index is 0.0423. The van der Waals surface area contributed by atoms with E-state index < -0.39 is 6.03 Å². The van der Waals surface area contributed by atoms with Gasteiger partial charge in [-0.15, -0.1) is 0 Å². The van der Waals surface area contributed by atoms with Crippen LogP contribution in [0.1, 0.15) is 25.0 Å². The van der Waals surface area contributed by atoms with Gasteiger partial charge >= 0.3 is 12.0 Å². The number of aryl methyl sites for hydroxylation is 1. The molecule has 2 aromatic rings. The number of anilines is 1. The summed E-state index contributed by atoms with van der Waals surface area (Å²) in [6.07, 6.45) is 2.91. The maximum Gasteiger partial charge on any atom is 0.329 e. The van der Waals surface area contributed by atoms with Crippen molar-refractivity contribution in [1.29, 1.82) is 0 Å². The lowest BCUT2D eigenvalue weighted by Gasteiger charge is -2.19. The number of aromatic nitrogens is 2. The topological polar surface area (TPSA) is 93.7 Å². The Bertz CT molecular complexity index is 908. The lowest BCUT2D eigenvalue weighted by atomic mass is 9.85. The molecular weight excluding hydrogens is 336 g/mol. The van der Waals surface area contributed by atoms with E-state index in [1.165, 1.54) is 17.3 Å². The summed E-state index contributed by atoms with van der Waals surface area (Å²) >= 11 is 0. The standard InChI is InChI=1S/C18H18N4O4/c1-10-4-5-12(14-15(10)25-9-18(14,2)3)26-16-19-6-11(7-20-16)22-8-13(23)21-17(22)24/h4-7H,8-9H2,1-3H3,(H,21,23,24). The lowest BCUT2D eigenvalue weighted by Crippen LogP contribution is -2.28. The van der Waals surface area contributed by atoms with Gasteiger partial charge in [0, 0.05) is 11.0 Å². The van der Waals surface area contributed by atoms with Gasteiger partial charge in [-0.25, -0.2) is 14.8 Å². The zero-order valence-corrected chi connectivity index (χ0v) is 14.7. The number of imide groups is 1. The number of urea groups is 1. The molecule has 0 bridgehead atoms. The van der Waals surface area contributed by atoms with Gasteiger partial charge in [0.1, 0.15) is 18.0 Å². The molecule has 26 heavy (non-hydrogen) atoms. The van der Waals surface area contributed by atoms with Gasteiger partial charge in [0.2, 0.25) is 5.91 Å². The molecule has 0 saturated carbocycles. The highest BCUT2D eigenvalue weighted by atomic mass is 16.5. The van der Waals surface area contributed by atoms with Crippen LogP contribution in [-0.2, 0) is 10.2 Å². The third-order valence-corrected chi connectivity index (χ3v) is 4.49. The van der Waals surface area contributed by atoms with Crippen molar-refractivity contribution in [3.63, 3.8) is 0 Å². The van der Waals surface area contributed by atoms with E-state index in [0.717, 1.165) is 16.9 Å². The minimum Gasteiger partial charge on any atom is -0.492 e. The van der Waals surface area contributed by atoms with Crippen molar-refractivity contribution in [1.82, 2.24) is 15.3 Å². The number of hydrogen-bond donors (Lipinski definition) is 1. The maximum atomic E-state index is 11.7. The molecule has 4 rings (SSSR count). The molecule has 2 aliphatic heterocycles. The number of fused-ring (bicyclic) bond motifs is 1. The van der Waals surface area contributed by atoms with E-state index in [1.54, 1.807) is 0 Å². The van der Waals surface area contributed by atoms with E-state index in [0.29, 0.717) is 18.0 Å². The third kappa shape index (κ3) is 2.63. The summed E-state index contributed by atoms with van der Waals surface area (Å²) in [5.41, 5.74) is 2.30. The lowest BCUT2D eigenvalue weighted by molar-refractivity contribution is -0.117. The first kappa shape index (κ1) is 16.3. The first-order chi connectivity index (χ1) is 12.3. The SMILES string of the molecule is Cc1ccc(Oc2ncc(N3CC(=O)NC3=O)cn2)c2c1OCC2(C)C. The first-order valence-corrected chi connectivity index (χ1v) is 8.23. The van der Waals surface area contributed by atoms with Crippen LogP contribution in [-0.4, -0.2) is 35.1 Å². The summed E-state index contributed by atoms with van der Waals surface area (Å²) in [7, 11) is 0. The van der Waals surface area contributed by atoms with Gasteiger partial charge in [-0.3, -0.25) is 15.0 Å². The molecule has 2 aliphatic rings. The number of ether oxygens (including phenoxy) is 2. The van der Waals surface area contributed by atoms with Gasteiger partial charge in [0.25, 0.3) is 0 Å². The van der Waals surface area contributed by atoms with Crippen molar-refractivity contribution in [3.05, 3.63) is 35.7 Å². The van der Waals surface area contributed by atoms with Crippen LogP contribution in [0.5, 0.6) is 17.5 Å². The largest absolute Gasteiger partial charge is 0.492 e. The minimum atomic E-state index is -0.484. The molecule has 1 aromatic heterocycles. The van der Waals surface area contributed by atoms with E-state index in [2.05, 4.69) is 29.1 Å². The zero-order chi connectivity index (χ0) is 18.5. The molecule has 1 fully saturated rings. The van der Waals surface area contributed by atoms with Gasteiger partial charge in [-0.05, 0) is 18.6 Å². The summed E-state index contributed by atoms with van der Waals surface area (Å²) in [6, 6.07) is 3.49. The van der Waals surface area contributed by atoms with Crippen LogP contribution in [0.15, 0.2) is 24.5 Å². The van der Waals surface area contributed by atoms with Crippen LogP contribution in [0.4, 0.5) is 10.5 Å². The van der Waals surface area contributed by atoms with Crippen LogP contribution in [0, 0.1) is 6.92 Å².